The topological polar surface area (TPSA) is 72.5 Å². The van der Waals surface area contributed by atoms with Crippen molar-refractivity contribution in [1.82, 2.24) is 0 Å². The van der Waals surface area contributed by atoms with Gasteiger partial charge < -0.3 is 28.4 Å². The van der Waals surface area contributed by atoms with E-state index in [0.29, 0.717) is 49.4 Å². The third-order valence-corrected chi connectivity index (χ3v) is 7.98. The van der Waals surface area contributed by atoms with E-state index >= 15 is 0 Å². The van der Waals surface area contributed by atoms with Gasteiger partial charge in [-0.05, 0) is 36.5 Å². The lowest BCUT2D eigenvalue weighted by atomic mass is 9.79. The van der Waals surface area contributed by atoms with E-state index in [9.17, 15) is 4.79 Å². The van der Waals surface area contributed by atoms with Gasteiger partial charge in [-0.3, -0.25) is 4.79 Å². The number of ether oxygens (including phenoxy) is 6. The van der Waals surface area contributed by atoms with Crippen LogP contribution in [0.4, 0.5) is 0 Å². The first-order chi connectivity index (χ1) is 17.1. The molecule has 36 heavy (non-hydrogen) atoms. The third kappa shape index (κ3) is 10.3. The molecule has 4 unspecified atom stereocenters. The Morgan fingerprint density at radius 3 is 1.53 bits per heavy atom. The number of hydrogen-bond donors (Lipinski definition) is 0. The average molecular weight is 513 g/mol. The maximum absolute atomic E-state index is 11.1. The minimum Gasteiger partial charge on any atom is -0.436 e. The van der Waals surface area contributed by atoms with Gasteiger partial charge in [-0.15, -0.1) is 13.2 Å². The summed E-state index contributed by atoms with van der Waals surface area (Å²) in [4.78, 5) is 11.1. The second-order valence-corrected chi connectivity index (χ2v) is 10.4. The van der Waals surface area contributed by atoms with Crippen LogP contribution in [0.25, 0.3) is 0 Å². The molecule has 0 N–H and O–H groups in total. The Kier molecular flexibility index (Phi) is 15.7. The van der Waals surface area contributed by atoms with Crippen molar-refractivity contribution in [2.45, 2.75) is 86.1 Å². The van der Waals surface area contributed by atoms with Gasteiger partial charge in [0.25, 0.3) is 0 Å². The lowest BCUT2D eigenvalue weighted by molar-refractivity contribution is -0.248. The van der Waals surface area contributed by atoms with Gasteiger partial charge in [0.05, 0.1) is 38.6 Å². The Bertz CT molecular complexity index is 637. The first-order valence-corrected chi connectivity index (χ1v) is 13.5. The minimum atomic E-state index is -0.461. The van der Waals surface area contributed by atoms with E-state index in [-0.39, 0.29) is 30.4 Å². The highest BCUT2D eigenvalue weighted by Crippen LogP contribution is 2.36. The Hall–Kier alpha value is -1.25. The molecule has 7 nitrogen and oxygen atoms in total. The van der Waals surface area contributed by atoms with Gasteiger partial charge in [-0.25, -0.2) is 0 Å². The molecule has 7 heteroatoms. The van der Waals surface area contributed by atoms with Gasteiger partial charge in [0, 0.05) is 25.9 Å². The van der Waals surface area contributed by atoms with Crippen LogP contribution >= 0.6 is 0 Å². The smallest absolute Gasteiger partial charge is 0.304 e. The maximum atomic E-state index is 11.1. The van der Waals surface area contributed by atoms with E-state index in [2.05, 4.69) is 54.7 Å². The molecule has 2 fully saturated rings. The average Bonchev–Trinajstić information content (AvgIpc) is 2.85. The quantitative estimate of drug-likeness (QED) is 0.190. The number of carbonyl (C=O) groups excluding carboxylic acids is 1. The molecule has 2 aliphatic rings. The summed E-state index contributed by atoms with van der Waals surface area (Å²) in [6.07, 6.45) is 4.97. The van der Waals surface area contributed by atoms with Crippen LogP contribution < -0.4 is 0 Å². The molecule has 0 amide bonds. The van der Waals surface area contributed by atoms with Crippen molar-refractivity contribution < 1.29 is 33.2 Å². The summed E-state index contributed by atoms with van der Waals surface area (Å²) >= 11 is 0. The molecule has 10 atom stereocenters. The molecule has 210 valence electrons. The molecule has 0 bridgehead atoms. The normalized spacial score (nSPS) is 36.3. The molecular weight excluding hydrogens is 460 g/mol. The van der Waals surface area contributed by atoms with Crippen molar-refractivity contribution in [3.05, 3.63) is 25.3 Å². The highest BCUT2D eigenvalue weighted by Gasteiger charge is 2.41. The molecule has 0 aromatic rings. The molecule has 0 aliphatic carbocycles. The molecule has 0 radical (unpaired) electrons. The minimum absolute atomic E-state index is 0.0274. The Balaban J connectivity index is 0.000000362. The molecular formula is C29H52O7. The van der Waals surface area contributed by atoms with Crippen LogP contribution in [0.2, 0.25) is 0 Å². The van der Waals surface area contributed by atoms with Gasteiger partial charge in [-0.1, -0.05) is 53.7 Å². The van der Waals surface area contributed by atoms with Crippen LogP contribution in [0.15, 0.2) is 25.3 Å². The van der Waals surface area contributed by atoms with Gasteiger partial charge in [-0.2, -0.15) is 0 Å². The van der Waals surface area contributed by atoms with Crippen LogP contribution in [-0.4, -0.2) is 64.3 Å². The van der Waals surface area contributed by atoms with Crippen LogP contribution in [0.5, 0.6) is 0 Å². The van der Waals surface area contributed by atoms with Gasteiger partial charge in [0.1, 0.15) is 0 Å². The fourth-order valence-electron chi connectivity index (χ4n) is 4.65. The van der Waals surface area contributed by atoms with E-state index < -0.39 is 6.29 Å². The summed E-state index contributed by atoms with van der Waals surface area (Å²) in [6.45, 7) is 24.4. The highest BCUT2D eigenvalue weighted by molar-refractivity contribution is 5.66. The van der Waals surface area contributed by atoms with Crippen LogP contribution in [0.3, 0.4) is 0 Å². The van der Waals surface area contributed by atoms with Crippen molar-refractivity contribution in [1.29, 1.82) is 0 Å². The van der Waals surface area contributed by atoms with Crippen molar-refractivity contribution in [3.63, 3.8) is 0 Å². The molecule has 0 spiro atoms. The zero-order valence-corrected chi connectivity index (χ0v) is 23.9. The Morgan fingerprint density at radius 2 is 1.14 bits per heavy atom. The second-order valence-electron chi connectivity index (χ2n) is 10.4. The molecule has 2 rings (SSSR count). The predicted molar refractivity (Wildman–Crippen MR) is 142 cm³/mol. The van der Waals surface area contributed by atoms with Crippen LogP contribution in [-0.2, 0) is 33.2 Å². The summed E-state index contributed by atoms with van der Waals surface area (Å²) in [7, 11) is 1.71. The van der Waals surface area contributed by atoms with E-state index in [1.54, 1.807) is 7.11 Å². The van der Waals surface area contributed by atoms with E-state index in [1.807, 2.05) is 12.2 Å². The highest BCUT2D eigenvalue weighted by atomic mass is 16.7. The third-order valence-electron chi connectivity index (χ3n) is 7.98. The number of carbonyl (C=O) groups is 1. The zero-order chi connectivity index (χ0) is 27.3. The van der Waals surface area contributed by atoms with Gasteiger partial charge >= 0.3 is 5.97 Å². The van der Waals surface area contributed by atoms with Crippen molar-refractivity contribution in [2.75, 3.05) is 33.5 Å². The Labute approximate surface area is 219 Å². The van der Waals surface area contributed by atoms with Crippen molar-refractivity contribution >= 4 is 5.97 Å². The molecule has 0 aromatic heterocycles. The molecule has 2 aliphatic heterocycles. The number of methoxy groups -OCH3 is 1. The first kappa shape index (κ1) is 32.8. The fourth-order valence-corrected chi connectivity index (χ4v) is 4.65. The lowest BCUT2D eigenvalue weighted by Crippen LogP contribution is -2.48. The molecule has 0 aromatic carbocycles. The van der Waals surface area contributed by atoms with Crippen LogP contribution in [0, 0.1) is 35.5 Å². The molecule has 2 heterocycles. The van der Waals surface area contributed by atoms with E-state index in [4.69, 9.17) is 28.4 Å². The summed E-state index contributed by atoms with van der Waals surface area (Å²) < 4.78 is 33.6. The predicted octanol–water partition coefficient (Wildman–Crippen LogP) is 5.63. The monoisotopic (exact) mass is 512 g/mol. The van der Waals surface area contributed by atoms with Crippen LogP contribution in [0.1, 0.15) is 61.3 Å². The molecule has 2 saturated heterocycles. The standard InChI is InChI=1S/C15H26O4.C14H26O3/c1-6-7-8-17-9-14-11(3)10(2)12(4)15(19-14)18-13(5)16;1-6-7-8-16-9-13-11(3)10(2)12(4)14(15-5)17-13/h6,10-12,14-15H,1,7-9H2,2-5H3;6,10-14H,1,7-9H2,2-5H3/t10-,11+,12?,14?,15-;10-,11+,12?,13?,14-/m00/s1. The first-order valence-electron chi connectivity index (χ1n) is 13.5. The summed E-state index contributed by atoms with van der Waals surface area (Å²) in [5.74, 6) is 2.21. The van der Waals surface area contributed by atoms with Crippen molar-refractivity contribution in [2.24, 2.45) is 35.5 Å². The van der Waals surface area contributed by atoms with Gasteiger partial charge in [0.15, 0.2) is 6.29 Å². The second kappa shape index (κ2) is 17.3. The molecule has 0 saturated carbocycles. The summed E-state index contributed by atoms with van der Waals surface area (Å²) in [5.41, 5.74) is 0. The summed E-state index contributed by atoms with van der Waals surface area (Å²) in [6, 6.07) is 0. The van der Waals surface area contributed by atoms with Gasteiger partial charge in [0.2, 0.25) is 6.29 Å². The zero-order valence-electron chi connectivity index (χ0n) is 23.9. The lowest BCUT2D eigenvalue weighted by Gasteiger charge is -2.42. The largest absolute Gasteiger partial charge is 0.436 e. The number of hydrogen-bond acceptors (Lipinski definition) is 7. The van der Waals surface area contributed by atoms with Crippen molar-refractivity contribution in [3.8, 4) is 0 Å². The maximum Gasteiger partial charge on any atom is 0.304 e. The Morgan fingerprint density at radius 1 is 0.722 bits per heavy atom. The van der Waals surface area contributed by atoms with E-state index in [0.717, 1.165) is 19.4 Å². The fraction of sp³-hybridized carbons (Fsp3) is 0.828. The number of esters is 1. The number of rotatable bonds is 12. The summed E-state index contributed by atoms with van der Waals surface area (Å²) in [5, 5.41) is 0. The SMILES string of the molecule is C=CCCOCC1O[C@H](OC(C)=O)C(C)[C@@H](C)[C@H]1C.C=CCCOCC1O[C@H](OC)C(C)[C@@H](C)[C@H]1C. The van der Waals surface area contributed by atoms with E-state index in [1.165, 1.54) is 6.92 Å².